The second-order valence-electron chi connectivity index (χ2n) is 4.01. The van der Waals surface area contributed by atoms with E-state index in [0.29, 0.717) is 12.1 Å². The number of aliphatic hydroxyl groups excluding tert-OH is 1. The average molecular weight is 240 g/mol. The van der Waals surface area contributed by atoms with Crippen molar-refractivity contribution in [2.45, 2.75) is 32.3 Å². The van der Waals surface area contributed by atoms with E-state index in [0.717, 1.165) is 30.9 Å². The Morgan fingerprint density at radius 2 is 2.19 bits per heavy atom. The molecule has 1 amide bonds. The third kappa shape index (κ3) is 2.80. The zero-order chi connectivity index (χ0) is 11.4. The fourth-order valence-electron chi connectivity index (χ4n) is 1.89. The van der Waals surface area contributed by atoms with Crippen molar-refractivity contribution < 1.29 is 9.90 Å². The van der Waals surface area contributed by atoms with E-state index in [-0.39, 0.29) is 12.5 Å². The summed E-state index contributed by atoms with van der Waals surface area (Å²) in [7, 11) is 0. The molecule has 1 aliphatic heterocycles. The lowest BCUT2D eigenvalue weighted by atomic mass is 10.1. The van der Waals surface area contributed by atoms with Crippen molar-refractivity contribution in [1.29, 1.82) is 0 Å². The predicted octanol–water partition coefficient (Wildman–Crippen LogP) is 1.19. The van der Waals surface area contributed by atoms with Gasteiger partial charge in [0, 0.05) is 18.5 Å². The summed E-state index contributed by atoms with van der Waals surface area (Å²) in [6.45, 7) is 1.72. The lowest BCUT2D eigenvalue weighted by Gasteiger charge is -2.26. The topological polar surface area (TPSA) is 53.4 Å². The minimum atomic E-state index is -0.0472. The quantitative estimate of drug-likeness (QED) is 0.863. The molecule has 0 atom stereocenters. The van der Waals surface area contributed by atoms with Gasteiger partial charge in [-0.15, -0.1) is 11.3 Å². The molecule has 1 aromatic heterocycles. The van der Waals surface area contributed by atoms with Gasteiger partial charge >= 0.3 is 0 Å². The molecular formula is C11H16N2O2S. The molecule has 0 aliphatic carbocycles. The molecule has 0 unspecified atom stereocenters. The average Bonchev–Trinajstić information content (AvgIpc) is 2.78. The Bertz CT molecular complexity index is 359. The van der Waals surface area contributed by atoms with E-state index in [1.807, 2.05) is 4.90 Å². The van der Waals surface area contributed by atoms with Crippen LogP contribution in [0.4, 0.5) is 0 Å². The van der Waals surface area contributed by atoms with Gasteiger partial charge in [0.25, 0.3) is 0 Å². The smallest absolute Gasteiger partial charge is 0.229 e. The number of thiazole rings is 1. The van der Waals surface area contributed by atoms with Crippen molar-refractivity contribution >= 4 is 17.2 Å². The number of aliphatic hydroxyl groups is 1. The largest absolute Gasteiger partial charge is 0.390 e. The Kier molecular flexibility index (Phi) is 3.90. The summed E-state index contributed by atoms with van der Waals surface area (Å²) >= 11 is 1.45. The fourth-order valence-corrected chi connectivity index (χ4v) is 2.66. The molecular weight excluding hydrogens is 224 g/mol. The van der Waals surface area contributed by atoms with Gasteiger partial charge in [-0.05, 0) is 19.3 Å². The fraction of sp³-hybridized carbons (Fsp3) is 0.636. The summed E-state index contributed by atoms with van der Waals surface area (Å²) in [5.74, 6) is 0.165. The first-order valence-corrected chi connectivity index (χ1v) is 6.49. The SMILES string of the molecule is O=C(Cc1nc(CO)cs1)N1CCCCC1. The van der Waals surface area contributed by atoms with Crippen LogP contribution in [0.3, 0.4) is 0 Å². The van der Waals surface area contributed by atoms with Crippen LogP contribution in [-0.4, -0.2) is 34.0 Å². The van der Waals surface area contributed by atoms with E-state index in [2.05, 4.69) is 4.98 Å². The number of hydrogen-bond donors (Lipinski definition) is 1. The number of piperidine rings is 1. The van der Waals surface area contributed by atoms with E-state index in [1.165, 1.54) is 17.8 Å². The Morgan fingerprint density at radius 3 is 2.81 bits per heavy atom. The molecule has 0 saturated carbocycles. The van der Waals surface area contributed by atoms with Crippen LogP contribution in [0.25, 0.3) is 0 Å². The molecule has 1 saturated heterocycles. The molecule has 16 heavy (non-hydrogen) atoms. The van der Waals surface area contributed by atoms with Crippen LogP contribution in [0.2, 0.25) is 0 Å². The third-order valence-electron chi connectivity index (χ3n) is 2.77. The Balaban J connectivity index is 1.90. The number of amides is 1. The number of nitrogens with zero attached hydrogens (tertiary/aromatic N) is 2. The number of likely N-dealkylation sites (tertiary alicyclic amines) is 1. The van der Waals surface area contributed by atoms with Crippen LogP contribution in [0.5, 0.6) is 0 Å². The highest BCUT2D eigenvalue weighted by Gasteiger charge is 2.17. The summed E-state index contributed by atoms with van der Waals surface area (Å²) < 4.78 is 0. The second kappa shape index (κ2) is 5.41. The van der Waals surface area contributed by atoms with Crippen LogP contribution in [-0.2, 0) is 17.8 Å². The molecule has 0 aromatic carbocycles. The summed E-state index contributed by atoms with van der Waals surface area (Å²) in [6.07, 6.45) is 3.84. The predicted molar refractivity (Wildman–Crippen MR) is 62.2 cm³/mol. The zero-order valence-electron chi connectivity index (χ0n) is 9.19. The highest BCUT2D eigenvalue weighted by Crippen LogP contribution is 2.14. The van der Waals surface area contributed by atoms with Gasteiger partial charge in [0.2, 0.25) is 5.91 Å². The van der Waals surface area contributed by atoms with Gasteiger partial charge in [-0.3, -0.25) is 4.79 Å². The molecule has 1 fully saturated rings. The first-order chi connectivity index (χ1) is 7.79. The van der Waals surface area contributed by atoms with E-state index >= 15 is 0 Å². The van der Waals surface area contributed by atoms with Crippen LogP contribution < -0.4 is 0 Å². The van der Waals surface area contributed by atoms with Gasteiger partial charge in [-0.2, -0.15) is 0 Å². The maximum atomic E-state index is 11.9. The normalized spacial score (nSPS) is 16.4. The number of rotatable bonds is 3. The summed E-state index contributed by atoms with van der Waals surface area (Å²) in [6, 6.07) is 0. The molecule has 2 heterocycles. The minimum absolute atomic E-state index is 0.0472. The molecule has 2 rings (SSSR count). The number of aromatic nitrogens is 1. The first kappa shape index (κ1) is 11.5. The van der Waals surface area contributed by atoms with Crippen molar-refractivity contribution in [1.82, 2.24) is 9.88 Å². The van der Waals surface area contributed by atoms with E-state index in [9.17, 15) is 4.79 Å². The Morgan fingerprint density at radius 1 is 1.44 bits per heavy atom. The summed E-state index contributed by atoms with van der Waals surface area (Å²) in [5.41, 5.74) is 0.659. The molecule has 1 N–H and O–H groups in total. The van der Waals surface area contributed by atoms with E-state index in [1.54, 1.807) is 5.38 Å². The zero-order valence-corrected chi connectivity index (χ0v) is 10.0. The van der Waals surface area contributed by atoms with Gasteiger partial charge in [-0.25, -0.2) is 4.98 Å². The van der Waals surface area contributed by atoms with Crippen molar-refractivity contribution in [2.24, 2.45) is 0 Å². The molecule has 1 aliphatic rings. The second-order valence-corrected chi connectivity index (χ2v) is 4.95. The molecule has 5 heteroatoms. The molecule has 4 nitrogen and oxygen atoms in total. The summed E-state index contributed by atoms with van der Waals surface area (Å²) in [4.78, 5) is 18.0. The monoisotopic (exact) mass is 240 g/mol. The Labute approximate surface area is 98.9 Å². The van der Waals surface area contributed by atoms with Gasteiger partial charge in [-0.1, -0.05) is 0 Å². The first-order valence-electron chi connectivity index (χ1n) is 5.61. The van der Waals surface area contributed by atoms with Gasteiger partial charge < -0.3 is 10.0 Å². The van der Waals surface area contributed by atoms with Crippen molar-refractivity contribution in [3.05, 3.63) is 16.1 Å². The van der Waals surface area contributed by atoms with Crippen molar-refractivity contribution in [3.63, 3.8) is 0 Å². The number of hydrogen-bond acceptors (Lipinski definition) is 4. The van der Waals surface area contributed by atoms with Gasteiger partial charge in [0.15, 0.2) is 0 Å². The lowest BCUT2D eigenvalue weighted by Crippen LogP contribution is -2.36. The molecule has 0 bridgehead atoms. The maximum Gasteiger partial charge on any atom is 0.229 e. The lowest BCUT2D eigenvalue weighted by molar-refractivity contribution is -0.131. The molecule has 1 aromatic rings. The van der Waals surface area contributed by atoms with Crippen LogP contribution >= 0.6 is 11.3 Å². The highest BCUT2D eigenvalue weighted by atomic mass is 32.1. The third-order valence-corrected chi connectivity index (χ3v) is 3.67. The minimum Gasteiger partial charge on any atom is -0.390 e. The van der Waals surface area contributed by atoms with E-state index in [4.69, 9.17) is 5.11 Å². The molecule has 0 radical (unpaired) electrons. The van der Waals surface area contributed by atoms with Crippen LogP contribution in [0.15, 0.2) is 5.38 Å². The van der Waals surface area contributed by atoms with Crippen LogP contribution in [0.1, 0.15) is 30.0 Å². The van der Waals surface area contributed by atoms with E-state index < -0.39 is 0 Å². The molecule has 88 valence electrons. The standard InChI is InChI=1S/C11H16N2O2S/c14-7-9-8-16-10(12-9)6-11(15)13-4-2-1-3-5-13/h8,14H,1-7H2. The molecule has 0 spiro atoms. The number of carbonyl (C=O) groups excluding carboxylic acids is 1. The van der Waals surface area contributed by atoms with Crippen molar-refractivity contribution in [3.8, 4) is 0 Å². The highest BCUT2D eigenvalue weighted by molar-refractivity contribution is 7.09. The maximum absolute atomic E-state index is 11.9. The Hall–Kier alpha value is -0.940. The van der Waals surface area contributed by atoms with Crippen LogP contribution in [0, 0.1) is 0 Å². The summed E-state index contributed by atoms with van der Waals surface area (Å²) in [5, 5.41) is 11.5. The number of carbonyl (C=O) groups is 1. The van der Waals surface area contributed by atoms with Gasteiger partial charge in [0.1, 0.15) is 5.01 Å². The van der Waals surface area contributed by atoms with Gasteiger partial charge in [0.05, 0.1) is 18.7 Å². The van der Waals surface area contributed by atoms with Crippen molar-refractivity contribution in [2.75, 3.05) is 13.1 Å².